The van der Waals surface area contributed by atoms with Crippen molar-refractivity contribution in [3.8, 4) is 0 Å². The van der Waals surface area contributed by atoms with Crippen molar-refractivity contribution in [1.82, 2.24) is 15.2 Å². The number of carbonyl (C=O) groups is 2. The molecule has 164 valence electrons. The van der Waals surface area contributed by atoms with E-state index in [9.17, 15) is 9.59 Å². The molecule has 1 atom stereocenters. The predicted molar refractivity (Wildman–Crippen MR) is 126 cm³/mol. The number of carbonyl (C=O) groups excluding carboxylic acids is 2. The van der Waals surface area contributed by atoms with Crippen molar-refractivity contribution in [3.05, 3.63) is 101 Å². The molecule has 1 aliphatic heterocycles. The van der Waals surface area contributed by atoms with Gasteiger partial charge in [-0.05, 0) is 66.3 Å². The fourth-order valence-corrected chi connectivity index (χ4v) is 4.22. The lowest BCUT2D eigenvalue weighted by molar-refractivity contribution is 0.0706. The summed E-state index contributed by atoms with van der Waals surface area (Å²) in [4.78, 5) is 31.7. The molecule has 32 heavy (non-hydrogen) atoms. The van der Waals surface area contributed by atoms with Crippen LogP contribution in [-0.4, -0.2) is 34.8 Å². The molecule has 3 aromatic rings. The van der Waals surface area contributed by atoms with E-state index in [4.69, 9.17) is 0 Å². The quantitative estimate of drug-likeness (QED) is 0.626. The van der Waals surface area contributed by atoms with Crippen LogP contribution in [0.25, 0.3) is 0 Å². The van der Waals surface area contributed by atoms with Crippen molar-refractivity contribution in [1.29, 1.82) is 0 Å². The highest BCUT2D eigenvalue weighted by molar-refractivity contribution is 5.95. The van der Waals surface area contributed by atoms with E-state index in [1.807, 2.05) is 59.5 Å². The van der Waals surface area contributed by atoms with Crippen molar-refractivity contribution >= 4 is 11.8 Å². The van der Waals surface area contributed by atoms with Crippen LogP contribution in [0.1, 0.15) is 63.1 Å². The van der Waals surface area contributed by atoms with E-state index in [0.717, 1.165) is 42.5 Å². The van der Waals surface area contributed by atoms with Gasteiger partial charge in [-0.3, -0.25) is 14.6 Å². The molecule has 1 aromatic heterocycles. The van der Waals surface area contributed by atoms with E-state index in [1.165, 1.54) is 5.56 Å². The third kappa shape index (κ3) is 5.22. The monoisotopic (exact) mass is 427 g/mol. The number of nitrogens with zero attached hydrogens (tertiary/aromatic N) is 2. The first-order valence-corrected chi connectivity index (χ1v) is 11.3. The van der Waals surface area contributed by atoms with Gasteiger partial charge >= 0.3 is 0 Å². The van der Waals surface area contributed by atoms with Crippen LogP contribution in [-0.2, 0) is 13.0 Å². The Hall–Kier alpha value is -3.47. The van der Waals surface area contributed by atoms with Crippen LogP contribution in [0.3, 0.4) is 0 Å². The highest BCUT2D eigenvalue weighted by Gasteiger charge is 2.26. The lowest BCUT2D eigenvalue weighted by Gasteiger charge is -2.33. The highest BCUT2D eigenvalue weighted by atomic mass is 16.2. The summed E-state index contributed by atoms with van der Waals surface area (Å²) in [6, 6.07) is 19.5. The number of amides is 2. The number of nitrogens with one attached hydrogen (secondary N) is 1. The topological polar surface area (TPSA) is 62.3 Å². The molecule has 1 saturated heterocycles. The SMILES string of the molecule is CCc1ccc(C(=O)N2CCC[C@@H](c3cccc(C(=O)NCc4cccnc4)c3)C2)cc1. The second-order valence-corrected chi connectivity index (χ2v) is 8.31. The average Bonchev–Trinajstić information content (AvgIpc) is 2.87. The normalized spacial score (nSPS) is 15.9. The summed E-state index contributed by atoms with van der Waals surface area (Å²) in [7, 11) is 0. The molecule has 2 heterocycles. The Kier molecular flexibility index (Phi) is 6.95. The summed E-state index contributed by atoms with van der Waals surface area (Å²) in [5, 5.41) is 2.96. The molecule has 5 nitrogen and oxygen atoms in total. The minimum atomic E-state index is -0.101. The number of pyridine rings is 1. The number of rotatable bonds is 6. The molecule has 0 aliphatic carbocycles. The highest BCUT2D eigenvalue weighted by Crippen LogP contribution is 2.28. The summed E-state index contributed by atoms with van der Waals surface area (Å²) in [6.07, 6.45) is 6.40. The minimum absolute atomic E-state index is 0.0859. The van der Waals surface area contributed by atoms with Gasteiger partial charge in [0.25, 0.3) is 11.8 Å². The predicted octanol–water partition coefficient (Wildman–Crippen LogP) is 4.59. The number of benzene rings is 2. The van der Waals surface area contributed by atoms with Crippen LogP contribution in [0.5, 0.6) is 0 Å². The van der Waals surface area contributed by atoms with Crippen molar-refractivity contribution in [2.24, 2.45) is 0 Å². The zero-order valence-electron chi connectivity index (χ0n) is 18.5. The van der Waals surface area contributed by atoms with E-state index in [-0.39, 0.29) is 17.7 Å². The van der Waals surface area contributed by atoms with Crippen LogP contribution >= 0.6 is 0 Å². The fourth-order valence-electron chi connectivity index (χ4n) is 4.22. The summed E-state index contributed by atoms with van der Waals surface area (Å²) < 4.78 is 0. The second kappa shape index (κ2) is 10.2. The third-order valence-electron chi connectivity index (χ3n) is 6.11. The molecular weight excluding hydrogens is 398 g/mol. The van der Waals surface area contributed by atoms with Gasteiger partial charge in [-0.15, -0.1) is 0 Å². The Morgan fingerprint density at radius 3 is 2.62 bits per heavy atom. The molecule has 4 rings (SSSR count). The minimum Gasteiger partial charge on any atom is -0.348 e. The van der Waals surface area contributed by atoms with Gasteiger partial charge in [-0.1, -0.05) is 37.3 Å². The summed E-state index contributed by atoms with van der Waals surface area (Å²) in [5.41, 5.74) is 4.69. The maximum Gasteiger partial charge on any atom is 0.253 e. The summed E-state index contributed by atoms with van der Waals surface area (Å²) in [5.74, 6) is 0.215. The van der Waals surface area contributed by atoms with Crippen LogP contribution < -0.4 is 5.32 Å². The molecule has 1 fully saturated rings. The van der Waals surface area contributed by atoms with Gasteiger partial charge in [-0.2, -0.15) is 0 Å². The van der Waals surface area contributed by atoms with Crippen LogP contribution in [0.4, 0.5) is 0 Å². The molecule has 0 radical (unpaired) electrons. The smallest absolute Gasteiger partial charge is 0.253 e. The summed E-state index contributed by atoms with van der Waals surface area (Å²) >= 11 is 0. The number of likely N-dealkylation sites (tertiary alicyclic amines) is 1. The van der Waals surface area contributed by atoms with Crippen LogP contribution in [0.2, 0.25) is 0 Å². The molecule has 1 aliphatic rings. The number of aromatic nitrogens is 1. The van der Waals surface area contributed by atoms with Crippen molar-refractivity contribution in [2.45, 2.75) is 38.6 Å². The van der Waals surface area contributed by atoms with Gasteiger partial charge in [0.05, 0.1) is 0 Å². The van der Waals surface area contributed by atoms with Gasteiger partial charge in [0.15, 0.2) is 0 Å². The third-order valence-corrected chi connectivity index (χ3v) is 6.11. The Labute approximate surface area is 189 Å². The van der Waals surface area contributed by atoms with E-state index in [0.29, 0.717) is 18.7 Å². The summed E-state index contributed by atoms with van der Waals surface area (Å²) in [6.45, 7) is 4.00. The van der Waals surface area contributed by atoms with E-state index in [1.54, 1.807) is 12.4 Å². The number of aryl methyl sites for hydroxylation is 1. The van der Waals surface area contributed by atoms with Gasteiger partial charge in [0.2, 0.25) is 0 Å². The average molecular weight is 428 g/mol. The molecular formula is C27H29N3O2. The Bertz CT molecular complexity index is 1060. The lowest BCUT2D eigenvalue weighted by atomic mass is 9.89. The maximum absolute atomic E-state index is 13.0. The zero-order valence-corrected chi connectivity index (χ0v) is 18.5. The van der Waals surface area contributed by atoms with Crippen molar-refractivity contribution in [2.75, 3.05) is 13.1 Å². The van der Waals surface area contributed by atoms with Gasteiger partial charge in [0.1, 0.15) is 0 Å². The fraction of sp³-hybridized carbons (Fsp3) is 0.296. The van der Waals surface area contributed by atoms with Gasteiger partial charge in [-0.25, -0.2) is 0 Å². The van der Waals surface area contributed by atoms with Crippen molar-refractivity contribution < 1.29 is 9.59 Å². The second-order valence-electron chi connectivity index (χ2n) is 8.31. The van der Waals surface area contributed by atoms with Gasteiger partial charge in [0, 0.05) is 49.1 Å². The molecule has 2 amide bonds. The first kappa shape index (κ1) is 21.8. The largest absolute Gasteiger partial charge is 0.348 e. The molecule has 0 saturated carbocycles. The van der Waals surface area contributed by atoms with Crippen LogP contribution in [0, 0.1) is 0 Å². The zero-order chi connectivity index (χ0) is 22.3. The first-order valence-electron chi connectivity index (χ1n) is 11.3. The molecule has 5 heteroatoms. The van der Waals surface area contributed by atoms with Crippen LogP contribution in [0.15, 0.2) is 73.1 Å². The van der Waals surface area contributed by atoms with Crippen molar-refractivity contribution in [3.63, 3.8) is 0 Å². The number of hydrogen-bond donors (Lipinski definition) is 1. The Balaban J connectivity index is 1.41. The molecule has 0 unspecified atom stereocenters. The van der Waals surface area contributed by atoms with E-state index < -0.39 is 0 Å². The molecule has 2 aromatic carbocycles. The molecule has 0 spiro atoms. The Morgan fingerprint density at radius 2 is 1.88 bits per heavy atom. The maximum atomic E-state index is 13.0. The van der Waals surface area contributed by atoms with E-state index in [2.05, 4.69) is 23.3 Å². The Morgan fingerprint density at radius 1 is 1.03 bits per heavy atom. The number of piperidine rings is 1. The lowest BCUT2D eigenvalue weighted by Crippen LogP contribution is -2.39. The molecule has 1 N–H and O–H groups in total. The van der Waals surface area contributed by atoms with E-state index >= 15 is 0 Å². The molecule has 0 bridgehead atoms. The standard InChI is InChI=1S/C27H29N3O2/c1-2-20-10-12-22(13-11-20)27(32)30-15-5-9-25(19-30)23-7-3-8-24(16-23)26(31)29-18-21-6-4-14-28-17-21/h3-4,6-8,10-14,16-17,25H,2,5,9,15,18-19H2,1H3,(H,29,31)/t25-/m1/s1. The number of hydrogen-bond acceptors (Lipinski definition) is 3. The van der Waals surface area contributed by atoms with Gasteiger partial charge < -0.3 is 10.2 Å². The first-order chi connectivity index (χ1) is 15.6.